The number of carbonyl (C=O) groups excluding carboxylic acids is 1. The van der Waals surface area contributed by atoms with Crippen molar-refractivity contribution in [3.63, 3.8) is 0 Å². The first-order valence-corrected chi connectivity index (χ1v) is 7.65. The summed E-state index contributed by atoms with van der Waals surface area (Å²) in [4.78, 5) is 11.9. The monoisotopic (exact) mass is 366 g/mol. The summed E-state index contributed by atoms with van der Waals surface area (Å²) in [7, 11) is 1.54. The highest BCUT2D eigenvalue weighted by atomic mass is 79.9. The van der Waals surface area contributed by atoms with Crippen LogP contribution in [-0.2, 0) is 4.79 Å². The van der Waals surface area contributed by atoms with Crippen LogP contribution < -0.4 is 14.8 Å². The molecule has 0 aromatic heterocycles. The first-order valence-electron chi connectivity index (χ1n) is 6.85. The van der Waals surface area contributed by atoms with E-state index < -0.39 is 5.91 Å². The number of benzene rings is 1. The van der Waals surface area contributed by atoms with Crippen molar-refractivity contribution in [1.29, 1.82) is 5.26 Å². The summed E-state index contributed by atoms with van der Waals surface area (Å²) in [5.41, 5.74) is 0.703. The zero-order chi connectivity index (χ0) is 16.7. The average molecular weight is 367 g/mol. The summed E-state index contributed by atoms with van der Waals surface area (Å²) in [5.74, 6) is 0.720. The van der Waals surface area contributed by atoms with Crippen LogP contribution in [-0.4, -0.2) is 25.7 Å². The third kappa shape index (κ3) is 4.78. The number of nitrogens with zero attached hydrogens (tertiary/aromatic N) is 1. The average Bonchev–Trinajstić information content (AvgIpc) is 2.46. The van der Waals surface area contributed by atoms with Crippen molar-refractivity contribution < 1.29 is 14.3 Å². The molecule has 5 nitrogen and oxygen atoms in total. The zero-order valence-corrected chi connectivity index (χ0v) is 14.7. The highest BCUT2D eigenvalue weighted by Crippen LogP contribution is 2.37. The van der Waals surface area contributed by atoms with Gasteiger partial charge in [0.25, 0.3) is 5.91 Å². The van der Waals surface area contributed by atoms with Crippen LogP contribution in [0.5, 0.6) is 11.5 Å². The van der Waals surface area contributed by atoms with Crippen LogP contribution in [0.25, 0.3) is 6.08 Å². The Morgan fingerprint density at radius 2 is 2.18 bits per heavy atom. The van der Waals surface area contributed by atoms with Gasteiger partial charge < -0.3 is 14.8 Å². The number of hydrogen-bond acceptors (Lipinski definition) is 4. The number of ether oxygens (including phenoxy) is 2. The number of nitrogens with one attached hydrogen (secondary N) is 1. The van der Waals surface area contributed by atoms with Gasteiger partial charge in [-0.25, -0.2) is 0 Å². The molecule has 1 aromatic rings. The Kier molecular flexibility index (Phi) is 6.93. The third-order valence-corrected chi connectivity index (χ3v) is 3.23. The van der Waals surface area contributed by atoms with Gasteiger partial charge >= 0.3 is 0 Å². The molecule has 0 heterocycles. The molecule has 0 saturated carbocycles. The molecule has 6 heteroatoms. The van der Waals surface area contributed by atoms with E-state index in [2.05, 4.69) is 21.2 Å². The Balaban J connectivity index is 3.21. The van der Waals surface area contributed by atoms with Crippen LogP contribution in [0, 0.1) is 11.3 Å². The maximum absolute atomic E-state index is 11.9. The lowest BCUT2D eigenvalue weighted by molar-refractivity contribution is -0.117. The molecule has 0 atom stereocenters. The van der Waals surface area contributed by atoms with Gasteiger partial charge in [0.05, 0.1) is 18.2 Å². The van der Waals surface area contributed by atoms with E-state index in [9.17, 15) is 4.79 Å². The van der Waals surface area contributed by atoms with Crippen molar-refractivity contribution in [2.75, 3.05) is 13.7 Å². The standard InChI is InChI=1S/C16H19BrN2O3/c1-5-22-15-13(17)7-11(8-14(15)21-4)6-12(9-18)16(20)19-10(2)3/h6-8,10H,5H2,1-4H3,(H,19,20). The van der Waals surface area contributed by atoms with E-state index in [4.69, 9.17) is 14.7 Å². The highest BCUT2D eigenvalue weighted by molar-refractivity contribution is 9.10. The summed E-state index contributed by atoms with van der Waals surface area (Å²) in [6.45, 7) is 6.06. The molecule has 118 valence electrons. The fraction of sp³-hybridized carbons (Fsp3) is 0.375. The van der Waals surface area contributed by atoms with Crippen LogP contribution in [0.4, 0.5) is 0 Å². The lowest BCUT2D eigenvalue weighted by Gasteiger charge is -2.12. The normalized spacial score (nSPS) is 11.0. The molecule has 22 heavy (non-hydrogen) atoms. The van der Waals surface area contributed by atoms with E-state index in [0.717, 1.165) is 0 Å². The van der Waals surface area contributed by atoms with E-state index >= 15 is 0 Å². The molecule has 0 bridgehead atoms. The predicted molar refractivity (Wildman–Crippen MR) is 88.7 cm³/mol. The minimum Gasteiger partial charge on any atom is -0.493 e. The van der Waals surface area contributed by atoms with E-state index in [1.165, 1.54) is 13.2 Å². The van der Waals surface area contributed by atoms with E-state index in [-0.39, 0.29) is 11.6 Å². The molecular formula is C16H19BrN2O3. The molecule has 0 aliphatic heterocycles. The van der Waals surface area contributed by atoms with Crippen LogP contribution in [0.15, 0.2) is 22.2 Å². The second kappa shape index (κ2) is 8.44. The lowest BCUT2D eigenvalue weighted by Crippen LogP contribution is -2.30. The Morgan fingerprint density at radius 3 is 2.68 bits per heavy atom. The Labute approximate surface area is 139 Å². The molecule has 0 fully saturated rings. The number of rotatable bonds is 6. The maximum atomic E-state index is 11.9. The number of hydrogen-bond donors (Lipinski definition) is 1. The van der Waals surface area contributed by atoms with Crippen molar-refractivity contribution >= 4 is 27.9 Å². The van der Waals surface area contributed by atoms with Crippen molar-refractivity contribution in [1.82, 2.24) is 5.32 Å². The van der Waals surface area contributed by atoms with Crippen molar-refractivity contribution in [3.8, 4) is 17.6 Å². The Morgan fingerprint density at radius 1 is 1.50 bits per heavy atom. The predicted octanol–water partition coefficient (Wildman–Crippen LogP) is 3.29. The molecular weight excluding hydrogens is 348 g/mol. The zero-order valence-electron chi connectivity index (χ0n) is 13.1. The van der Waals surface area contributed by atoms with Crippen molar-refractivity contribution in [2.24, 2.45) is 0 Å². The molecule has 1 N–H and O–H groups in total. The van der Waals surface area contributed by atoms with E-state index in [1.807, 2.05) is 26.8 Å². The Hall–Kier alpha value is -2.00. The van der Waals surface area contributed by atoms with Crippen molar-refractivity contribution in [2.45, 2.75) is 26.8 Å². The van der Waals surface area contributed by atoms with Crippen LogP contribution >= 0.6 is 15.9 Å². The van der Waals surface area contributed by atoms with Gasteiger partial charge in [0.15, 0.2) is 11.5 Å². The van der Waals surface area contributed by atoms with Gasteiger partial charge in [0.1, 0.15) is 11.6 Å². The first-order chi connectivity index (χ1) is 10.4. The van der Waals surface area contributed by atoms with E-state index in [0.29, 0.717) is 28.1 Å². The fourth-order valence-electron chi connectivity index (χ4n) is 1.76. The lowest BCUT2D eigenvalue weighted by atomic mass is 10.1. The van der Waals surface area contributed by atoms with Crippen LogP contribution in [0.1, 0.15) is 26.3 Å². The topological polar surface area (TPSA) is 71.3 Å². The van der Waals surface area contributed by atoms with Gasteiger partial charge in [0, 0.05) is 6.04 Å². The number of carbonyl (C=O) groups is 1. The van der Waals surface area contributed by atoms with Gasteiger partial charge in [-0.1, -0.05) is 0 Å². The SMILES string of the molecule is CCOc1c(Br)cc(C=C(C#N)C(=O)NC(C)C)cc1OC. The van der Waals surface area contributed by atoms with Gasteiger partial charge in [-0.2, -0.15) is 5.26 Å². The highest BCUT2D eigenvalue weighted by Gasteiger charge is 2.13. The van der Waals surface area contributed by atoms with Crippen LogP contribution in [0.3, 0.4) is 0 Å². The smallest absolute Gasteiger partial charge is 0.262 e. The molecule has 1 rings (SSSR count). The Bertz CT molecular complexity index is 619. The number of nitriles is 1. The van der Waals surface area contributed by atoms with Gasteiger partial charge in [-0.15, -0.1) is 0 Å². The molecule has 0 aliphatic carbocycles. The van der Waals surface area contributed by atoms with Gasteiger partial charge in [-0.3, -0.25) is 4.79 Å². The molecule has 0 spiro atoms. The minimum atomic E-state index is -0.401. The minimum absolute atomic E-state index is 0.0341. The quantitative estimate of drug-likeness (QED) is 0.619. The number of methoxy groups -OCH3 is 1. The van der Waals surface area contributed by atoms with Crippen molar-refractivity contribution in [3.05, 3.63) is 27.7 Å². The fourth-order valence-corrected chi connectivity index (χ4v) is 2.34. The molecule has 1 amide bonds. The first kappa shape index (κ1) is 18.1. The summed E-state index contributed by atoms with van der Waals surface area (Å²) in [6.07, 6.45) is 1.51. The largest absolute Gasteiger partial charge is 0.493 e. The summed E-state index contributed by atoms with van der Waals surface area (Å²) in [6, 6.07) is 5.37. The second-order valence-corrected chi connectivity index (χ2v) is 5.62. The molecule has 0 unspecified atom stereocenters. The second-order valence-electron chi connectivity index (χ2n) is 4.77. The summed E-state index contributed by atoms with van der Waals surface area (Å²) in [5, 5.41) is 11.9. The maximum Gasteiger partial charge on any atom is 0.262 e. The van der Waals surface area contributed by atoms with Gasteiger partial charge in [0.2, 0.25) is 0 Å². The van der Waals surface area contributed by atoms with E-state index in [1.54, 1.807) is 12.1 Å². The summed E-state index contributed by atoms with van der Waals surface area (Å²) >= 11 is 3.41. The number of halogens is 1. The molecule has 1 aromatic carbocycles. The molecule has 0 radical (unpaired) electrons. The number of amides is 1. The van der Waals surface area contributed by atoms with Gasteiger partial charge in [-0.05, 0) is 60.5 Å². The van der Waals surface area contributed by atoms with Crippen LogP contribution in [0.2, 0.25) is 0 Å². The summed E-state index contributed by atoms with van der Waals surface area (Å²) < 4.78 is 11.5. The third-order valence-electron chi connectivity index (χ3n) is 2.64. The molecule has 0 saturated heterocycles. The molecule has 0 aliphatic rings.